The molecule has 3 aromatic rings. The van der Waals surface area contributed by atoms with Crippen molar-refractivity contribution in [1.82, 2.24) is 20.5 Å². The summed E-state index contributed by atoms with van der Waals surface area (Å²) in [6.07, 6.45) is 0. The second kappa shape index (κ2) is 6.43. The molecule has 0 N–H and O–H groups in total. The van der Waals surface area contributed by atoms with Gasteiger partial charge in [0.05, 0.1) is 19.3 Å². The van der Waals surface area contributed by atoms with Gasteiger partial charge < -0.3 is 9.64 Å². The maximum Gasteiger partial charge on any atom is 0.151 e. The van der Waals surface area contributed by atoms with Gasteiger partial charge in [0.15, 0.2) is 5.82 Å². The van der Waals surface area contributed by atoms with Crippen LogP contribution < -0.4 is 9.64 Å². The highest BCUT2D eigenvalue weighted by Gasteiger charge is 2.12. The molecule has 0 saturated heterocycles. The lowest BCUT2D eigenvalue weighted by atomic mass is 10.1. The molecule has 0 fully saturated rings. The van der Waals surface area contributed by atoms with Gasteiger partial charge in [0.2, 0.25) is 0 Å². The zero-order valence-electron chi connectivity index (χ0n) is 13.2. The molecule has 0 aliphatic rings. The van der Waals surface area contributed by atoms with Crippen LogP contribution in [0.15, 0.2) is 41.0 Å². The number of aryl methyl sites for hydroxylation is 1. The number of nitrogens with zero attached hydrogens (tertiary/aromatic N) is 5. The first kappa shape index (κ1) is 15.0. The fourth-order valence-corrected chi connectivity index (χ4v) is 2.23. The van der Waals surface area contributed by atoms with Crippen LogP contribution in [0.4, 0.5) is 5.82 Å². The topological polar surface area (TPSA) is 77.2 Å². The maximum absolute atomic E-state index is 5.36. The van der Waals surface area contributed by atoms with E-state index in [4.69, 9.17) is 9.37 Å². The van der Waals surface area contributed by atoms with Crippen LogP contribution in [0, 0.1) is 6.92 Å². The molecule has 3 rings (SSSR count). The maximum atomic E-state index is 5.36. The predicted octanol–water partition coefficient (Wildman–Crippen LogP) is 2.48. The number of anilines is 1. The Bertz CT molecular complexity index is 785. The van der Waals surface area contributed by atoms with Crippen molar-refractivity contribution in [3.8, 4) is 17.0 Å². The molecular weight excluding hydrogens is 294 g/mol. The van der Waals surface area contributed by atoms with E-state index in [-0.39, 0.29) is 0 Å². The molecule has 0 spiro atoms. The summed E-state index contributed by atoms with van der Waals surface area (Å²) in [5, 5.41) is 16.2. The normalized spacial score (nSPS) is 10.6. The minimum absolute atomic E-state index is 0.554. The fourth-order valence-electron chi connectivity index (χ4n) is 2.23. The van der Waals surface area contributed by atoms with Crippen molar-refractivity contribution in [2.45, 2.75) is 13.5 Å². The molecule has 0 saturated carbocycles. The van der Waals surface area contributed by atoms with E-state index in [1.54, 1.807) is 7.11 Å². The van der Waals surface area contributed by atoms with Crippen LogP contribution in [0.3, 0.4) is 0 Å². The summed E-state index contributed by atoms with van der Waals surface area (Å²) in [5.74, 6) is 1.51. The van der Waals surface area contributed by atoms with Crippen molar-refractivity contribution in [3.05, 3.63) is 47.8 Å². The van der Waals surface area contributed by atoms with Gasteiger partial charge >= 0.3 is 0 Å². The van der Waals surface area contributed by atoms with Gasteiger partial charge in [-0.25, -0.2) is 4.63 Å². The van der Waals surface area contributed by atoms with Gasteiger partial charge in [-0.05, 0) is 31.2 Å². The van der Waals surface area contributed by atoms with E-state index in [9.17, 15) is 0 Å². The first-order chi connectivity index (χ1) is 11.2. The lowest BCUT2D eigenvalue weighted by molar-refractivity contribution is 0.301. The second-order valence-corrected chi connectivity index (χ2v) is 5.13. The summed E-state index contributed by atoms with van der Waals surface area (Å²) in [6.45, 7) is 2.41. The molecule has 2 heterocycles. The second-order valence-electron chi connectivity index (χ2n) is 5.13. The van der Waals surface area contributed by atoms with Crippen LogP contribution in [0.5, 0.6) is 5.75 Å². The van der Waals surface area contributed by atoms with Gasteiger partial charge in [-0.3, -0.25) is 0 Å². The average Bonchev–Trinajstić information content (AvgIpc) is 3.00. The first-order valence-corrected chi connectivity index (χ1v) is 7.15. The van der Waals surface area contributed by atoms with E-state index >= 15 is 0 Å². The van der Waals surface area contributed by atoms with Gasteiger partial charge in [0.1, 0.15) is 17.1 Å². The molecule has 0 radical (unpaired) electrons. The highest BCUT2D eigenvalue weighted by atomic mass is 16.6. The molecule has 118 valence electrons. The highest BCUT2D eigenvalue weighted by molar-refractivity contribution is 5.67. The molecule has 7 nitrogen and oxygen atoms in total. The van der Waals surface area contributed by atoms with Crippen LogP contribution in [0.25, 0.3) is 11.3 Å². The van der Waals surface area contributed by atoms with Gasteiger partial charge in [0.25, 0.3) is 0 Å². The number of rotatable bonds is 5. The van der Waals surface area contributed by atoms with Crippen molar-refractivity contribution in [2.75, 3.05) is 19.1 Å². The minimum atomic E-state index is 0.554. The van der Waals surface area contributed by atoms with E-state index in [1.807, 2.05) is 55.3 Å². The Labute approximate surface area is 133 Å². The Morgan fingerprint density at radius 1 is 1.09 bits per heavy atom. The molecule has 23 heavy (non-hydrogen) atoms. The number of hydrogen-bond acceptors (Lipinski definition) is 7. The third-order valence-electron chi connectivity index (χ3n) is 3.56. The molecule has 0 atom stereocenters. The molecular formula is C16H17N5O2. The number of para-hydroxylation sites is 1. The van der Waals surface area contributed by atoms with E-state index < -0.39 is 0 Å². The van der Waals surface area contributed by atoms with Crippen LogP contribution >= 0.6 is 0 Å². The van der Waals surface area contributed by atoms with E-state index in [1.165, 1.54) is 0 Å². The Morgan fingerprint density at radius 3 is 2.57 bits per heavy atom. The highest BCUT2D eigenvalue weighted by Crippen LogP contribution is 2.28. The lowest BCUT2D eigenvalue weighted by Crippen LogP contribution is -2.19. The summed E-state index contributed by atoms with van der Waals surface area (Å²) < 4.78 is 10.1. The van der Waals surface area contributed by atoms with Crippen LogP contribution in [0.1, 0.15) is 11.4 Å². The number of aromatic nitrogens is 4. The van der Waals surface area contributed by atoms with Gasteiger partial charge in [-0.2, -0.15) is 0 Å². The molecule has 0 bridgehead atoms. The van der Waals surface area contributed by atoms with Crippen LogP contribution in [-0.2, 0) is 6.54 Å². The third kappa shape index (κ3) is 3.13. The predicted molar refractivity (Wildman–Crippen MR) is 85.2 cm³/mol. The van der Waals surface area contributed by atoms with Crippen molar-refractivity contribution < 1.29 is 9.37 Å². The molecule has 1 aromatic carbocycles. The smallest absolute Gasteiger partial charge is 0.151 e. The first-order valence-electron chi connectivity index (χ1n) is 7.15. The zero-order valence-corrected chi connectivity index (χ0v) is 13.2. The summed E-state index contributed by atoms with van der Waals surface area (Å²) in [4.78, 5) is 1.94. The molecule has 0 aliphatic heterocycles. The quantitative estimate of drug-likeness (QED) is 0.716. The number of benzene rings is 1. The Balaban J connectivity index is 1.80. The molecule has 2 aromatic heterocycles. The van der Waals surface area contributed by atoms with Crippen LogP contribution in [-0.4, -0.2) is 34.7 Å². The number of hydrogen-bond donors (Lipinski definition) is 0. The summed E-state index contributed by atoms with van der Waals surface area (Å²) >= 11 is 0. The molecule has 0 aliphatic carbocycles. The van der Waals surface area contributed by atoms with Crippen LogP contribution in [0.2, 0.25) is 0 Å². The molecule has 0 amide bonds. The molecule has 7 heteroatoms. The number of methoxy groups -OCH3 is 1. The minimum Gasteiger partial charge on any atom is -0.496 e. The largest absolute Gasteiger partial charge is 0.496 e. The SMILES string of the molecule is COc1ccccc1-c1ccc(N(C)Cc2nonc2C)nn1. The lowest BCUT2D eigenvalue weighted by Gasteiger charge is -2.16. The van der Waals surface area contributed by atoms with Gasteiger partial charge in [0, 0.05) is 12.6 Å². The average molecular weight is 311 g/mol. The van der Waals surface area contributed by atoms with E-state index in [0.29, 0.717) is 6.54 Å². The fraction of sp³-hybridized carbons (Fsp3) is 0.250. The van der Waals surface area contributed by atoms with Crippen molar-refractivity contribution in [1.29, 1.82) is 0 Å². The molecule has 0 unspecified atom stereocenters. The van der Waals surface area contributed by atoms with Crippen molar-refractivity contribution in [3.63, 3.8) is 0 Å². The van der Waals surface area contributed by atoms with E-state index in [2.05, 4.69) is 20.5 Å². The van der Waals surface area contributed by atoms with Gasteiger partial charge in [-0.1, -0.05) is 22.4 Å². The Morgan fingerprint density at radius 2 is 1.91 bits per heavy atom. The van der Waals surface area contributed by atoms with E-state index in [0.717, 1.165) is 34.2 Å². The summed E-state index contributed by atoms with van der Waals surface area (Å²) in [7, 11) is 3.56. The van der Waals surface area contributed by atoms with Crippen molar-refractivity contribution >= 4 is 5.82 Å². The Kier molecular flexibility index (Phi) is 4.18. The Hall–Kier alpha value is -2.96. The third-order valence-corrected chi connectivity index (χ3v) is 3.56. The summed E-state index contributed by atoms with van der Waals surface area (Å²) in [5.41, 5.74) is 3.23. The monoisotopic (exact) mass is 311 g/mol. The van der Waals surface area contributed by atoms with Gasteiger partial charge in [-0.15, -0.1) is 10.2 Å². The standard InChI is InChI=1S/C16H17N5O2/c1-11-14(20-23-19-11)10-21(2)16-9-8-13(17-18-16)12-6-4-5-7-15(12)22-3/h4-9H,10H2,1-3H3. The zero-order chi connectivity index (χ0) is 16.2. The number of ether oxygens (including phenoxy) is 1. The summed E-state index contributed by atoms with van der Waals surface area (Å²) in [6, 6.07) is 11.6. The van der Waals surface area contributed by atoms with Crippen molar-refractivity contribution in [2.24, 2.45) is 0 Å².